The molecule has 14 heavy (non-hydrogen) atoms. The van der Waals surface area contributed by atoms with E-state index in [0.717, 1.165) is 0 Å². The topological polar surface area (TPSA) is 29.5 Å². The molecule has 3 heteroatoms. The monoisotopic (exact) mass is 198 g/mol. The highest BCUT2D eigenvalue weighted by Crippen LogP contribution is 2.16. The first kappa shape index (κ1) is 11.0. The van der Waals surface area contributed by atoms with Crippen molar-refractivity contribution in [2.24, 2.45) is 5.92 Å². The molecule has 1 aromatic carbocycles. The summed E-state index contributed by atoms with van der Waals surface area (Å²) in [4.78, 5) is 0. The average molecular weight is 198 g/mol. The molecular formula is C11H15FO2. The van der Waals surface area contributed by atoms with Crippen molar-refractivity contribution in [1.29, 1.82) is 0 Å². The molecular weight excluding hydrogens is 183 g/mol. The lowest BCUT2D eigenvalue weighted by Crippen LogP contribution is -2.12. The van der Waals surface area contributed by atoms with Gasteiger partial charge in [0.25, 0.3) is 0 Å². The van der Waals surface area contributed by atoms with E-state index in [9.17, 15) is 4.39 Å². The van der Waals surface area contributed by atoms with Crippen LogP contribution >= 0.6 is 0 Å². The second kappa shape index (κ2) is 4.96. The lowest BCUT2D eigenvalue weighted by molar-refractivity contribution is 0.174. The Kier molecular flexibility index (Phi) is 3.89. The first-order valence-corrected chi connectivity index (χ1v) is 4.63. The summed E-state index contributed by atoms with van der Waals surface area (Å²) in [7, 11) is 0. The fourth-order valence-electron chi connectivity index (χ4n) is 0.955. The molecule has 0 aliphatic heterocycles. The maximum Gasteiger partial charge on any atom is 0.129 e. The molecule has 1 unspecified atom stereocenters. The largest absolute Gasteiger partial charge is 0.493 e. The van der Waals surface area contributed by atoms with E-state index in [1.807, 2.05) is 6.92 Å². The van der Waals surface area contributed by atoms with Crippen molar-refractivity contribution in [3.63, 3.8) is 0 Å². The van der Waals surface area contributed by atoms with E-state index in [4.69, 9.17) is 9.84 Å². The van der Waals surface area contributed by atoms with Gasteiger partial charge in [-0.1, -0.05) is 13.0 Å². The number of ether oxygens (including phenoxy) is 1. The van der Waals surface area contributed by atoms with Gasteiger partial charge in [0.05, 0.1) is 6.61 Å². The van der Waals surface area contributed by atoms with Crippen molar-refractivity contribution in [3.05, 3.63) is 29.6 Å². The third-order valence-corrected chi connectivity index (χ3v) is 1.99. The zero-order valence-electron chi connectivity index (χ0n) is 8.46. The number of hydrogen-bond donors (Lipinski definition) is 1. The molecule has 0 aromatic heterocycles. The van der Waals surface area contributed by atoms with Crippen LogP contribution < -0.4 is 4.74 Å². The standard InChI is InChI=1S/C11H15FO2/c1-8(6-13)7-14-10-4-3-9(2)11(12)5-10/h3-5,8,13H,6-7H2,1-2H3. The van der Waals surface area contributed by atoms with Crippen LogP contribution in [0.25, 0.3) is 0 Å². The van der Waals surface area contributed by atoms with Crippen molar-refractivity contribution >= 4 is 0 Å². The zero-order valence-corrected chi connectivity index (χ0v) is 8.46. The van der Waals surface area contributed by atoms with Crippen molar-refractivity contribution in [2.45, 2.75) is 13.8 Å². The molecule has 0 aliphatic carbocycles. The number of hydrogen-bond acceptors (Lipinski definition) is 2. The van der Waals surface area contributed by atoms with Crippen LogP contribution in [0.4, 0.5) is 4.39 Å². The quantitative estimate of drug-likeness (QED) is 0.803. The van der Waals surface area contributed by atoms with E-state index >= 15 is 0 Å². The van der Waals surface area contributed by atoms with Gasteiger partial charge in [-0.25, -0.2) is 4.39 Å². The van der Waals surface area contributed by atoms with E-state index in [2.05, 4.69) is 0 Å². The van der Waals surface area contributed by atoms with Crippen molar-refractivity contribution in [3.8, 4) is 5.75 Å². The van der Waals surface area contributed by atoms with E-state index < -0.39 is 0 Å². The molecule has 1 N–H and O–H groups in total. The van der Waals surface area contributed by atoms with Crippen LogP contribution in [0.5, 0.6) is 5.75 Å². The van der Waals surface area contributed by atoms with Crippen LogP contribution in [0.1, 0.15) is 12.5 Å². The molecule has 1 aromatic rings. The van der Waals surface area contributed by atoms with Crippen molar-refractivity contribution < 1.29 is 14.2 Å². The minimum Gasteiger partial charge on any atom is -0.493 e. The zero-order chi connectivity index (χ0) is 10.6. The van der Waals surface area contributed by atoms with Crippen LogP contribution in [0.2, 0.25) is 0 Å². The lowest BCUT2D eigenvalue weighted by Gasteiger charge is -2.10. The predicted molar refractivity (Wildman–Crippen MR) is 52.9 cm³/mol. The third kappa shape index (κ3) is 3.00. The number of halogens is 1. The molecule has 0 heterocycles. The van der Waals surface area contributed by atoms with Crippen molar-refractivity contribution in [2.75, 3.05) is 13.2 Å². The van der Waals surface area contributed by atoms with Gasteiger partial charge in [0, 0.05) is 18.6 Å². The molecule has 2 nitrogen and oxygen atoms in total. The number of aryl methyl sites for hydroxylation is 1. The summed E-state index contributed by atoms with van der Waals surface area (Å²) in [6, 6.07) is 4.76. The maximum absolute atomic E-state index is 13.1. The summed E-state index contributed by atoms with van der Waals surface area (Å²) in [5.41, 5.74) is 0.604. The van der Waals surface area contributed by atoms with E-state index in [1.54, 1.807) is 19.1 Å². The number of aliphatic hydroxyl groups is 1. The fourth-order valence-corrected chi connectivity index (χ4v) is 0.955. The molecule has 1 atom stereocenters. The molecule has 1 rings (SSSR count). The minimum atomic E-state index is -0.265. The highest BCUT2D eigenvalue weighted by atomic mass is 19.1. The summed E-state index contributed by atoms with van der Waals surface area (Å²) in [6.45, 7) is 4.05. The van der Waals surface area contributed by atoms with Gasteiger partial charge >= 0.3 is 0 Å². The highest BCUT2D eigenvalue weighted by Gasteiger charge is 2.03. The summed E-state index contributed by atoms with van der Waals surface area (Å²) in [5.74, 6) is 0.312. The molecule has 0 bridgehead atoms. The smallest absolute Gasteiger partial charge is 0.129 e. The Hall–Kier alpha value is -1.09. The predicted octanol–water partition coefficient (Wildman–Crippen LogP) is 2.14. The Morgan fingerprint density at radius 2 is 2.21 bits per heavy atom. The van der Waals surface area contributed by atoms with Crippen LogP contribution in [0, 0.1) is 18.7 Å². The SMILES string of the molecule is Cc1ccc(OCC(C)CO)cc1F. The Bertz CT molecular complexity index is 299. The Balaban J connectivity index is 2.55. The Morgan fingerprint density at radius 1 is 1.50 bits per heavy atom. The molecule has 0 amide bonds. The normalized spacial score (nSPS) is 12.6. The Morgan fingerprint density at radius 3 is 2.79 bits per heavy atom. The van der Waals surface area contributed by atoms with E-state index in [-0.39, 0.29) is 18.3 Å². The number of aliphatic hydroxyl groups excluding tert-OH is 1. The number of rotatable bonds is 4. The first-order valence-electron chi connectivity index (χ1n) is 4.63. The van der Waals surface area contributed by atoms with Gasteiger partial charge in [0.2, 0.25) is 0 Å². The average Bonchev–Trinajstić information content (AvgIpc) is 2.19. The summed E-state index contributed by atoms with van der Waals surface area (Å²) < 4.78 is 18.4. The summed E-state index contributed by atoms with van der Waals surface area (Å²) >= 11 is 0. The molecule has 0 spiro atoms. The molecule has 0 radical (unpaired) electrons. The molecule has 0 saturated heterocycles. The minimum absolute atomic E-state index is 0.0689. The lowest BCUT2D eigenvalue weighted by atomic mass is 10.2. The second-order valence-corrected chi connectivity index (χ2v) is 3.51. The third-order valence-electron chi connectivity index (χ3n) is 1.99. The van der Waals surface area contributed by atoms with E-state index in [1.165, 1.54) is 6.07 Å². The van der Waals surface area contributed by atoms with Gasteiger partial charge in [-0.05, 0) is 18.6 Å². The van der Waals surface area contributed by atoms with E-state index in [0.29, 0.717) is 17.9 Å². The second-order valence-electron chi connectivity index (χ2n) is 3.51. The van der Waals surface area contributed by atoms with Gasteiger partial charge in [-0.15, -0.1) is 0 Å². The van der Waals surface area contributed by atoms with Gasteiger partial charge in [-0.3, -0.25) is 0 Å². The summed E-state index contributed by atoms with van der Waals surface area (Å²) in [6.07, 6.45) is 0. The number of benzene rings is 1. The molecule has 0 fully saturated rings. The van der Waals surface area contributed by atoms with Gasteiger partial charge in [0.1, 0.15) is 11.6 Å². The van der Waals surface area contributed by atoms with Crippen LogP contribution in [-0.2, 0) is 0 Å². The van der Waals surface area contributed by atoms with Gasteiger partial charge in [-0.2, -0.15) is 0 Å². The maximum atomic E-state index is 13.1. The van der Waals surface area contributed by atoms with Crippen LogP contribution in [-0.4, -0.2) is 18.3 Å². The Labute approximate surface area is 83.3 Å². The fraction of sp³-hybridized carbons (Fsp3) is 0.455. The van der Waals surface area contributed by atoms with Gasteiger partial charge < -0.3 is 9.84 Å². The highest BCUT2D eigenvalue weighted by molar-refractivity contribution is 5.27. The van der Waals surface area contributed by atoms with Crippen LogP contribution in [0.3, 0.4) is 0 Å². The molecule has 78 valence electrons. The first-order chi connectivity index (χ1) is 6.63. The van der Waals surface area contributed by atoms with Gasteiger partial charge in [0.15, 0.2) is 0 Å². The molecule has 0 aliphatic rings. The summed E-state index contributed by atoms with van der Waals surface area (Å²) in [5, 5.41) is 8.76. The van der Waals surface area contributed by atoms with Crippen molar-refractivity contribution in [1.82, 2.24) is 0 Å². The van der Waals surface area contributed by atoms with Crippen LogP contribution in [0.15, 0.2) is 18.2 Å². The molecule has 0 saturated carbocycles.